The van der Waals surface area contributed by atoms with Gasteiger partial charge in [-0.2, -0.15) is 0 Å². The van der Waals surface area contributed by atoms with E-state index in [1.807, 2.05) is 78.9 Å². The van der Waals surface area contributed by atoms with Crippen LogP contribution in [0.25, 0.3) is 11.1 Å². The van der Waals surface area contributed by atoms with Gasteiger partial charge < -0.3 is 19.9 Å². The van der Waals surface area contributed by atoms with Crippen LogP contribution < -0.4 is 5.32 Å². The molecule has 0 spiro atoms. The molecule has 0 fully saturated rings. The predicted octanol–water partition coefficient (Wildman–Crippen LogP) is 4.85. The molecule has 0 saturated carbocycles. The van der Waals surface area contributed by atoms with Gasteiger partial charge in [-0.1, -0.05) is 78.9 Å². The molecule has 3 aromatic carbocycles. The molecule has 2 N–H and O–H groups in total. The van der Waals surface area contributed by atoms with Gasteiger partial charge in [-0.15, -0.1) is 0 Å². The van der Waals surface area contributed by atoms with Crippen molar-refractivity contribution in [3.63, 3.8) is 0 Å². The Morgan fingerprint density at radius 1 is 0.886 bits per heavy atom. The summed E-state index contributed by atoms with van der Waals surface area (Å²) in [5, 5.41) is 11.8. The zero-order valence-corrected chi connectivity index (χ0v) is 19.6. The summed E-state index contributed by atoms with van der Waals surface area (Å²) in [7, 11) is 0. The number of nitrogens with one attached hydrogen (secondary N) is 1. The molecule has 7 heteroatoms. The van der Waals surface area contributed by atoms with Crippen molar-refractivity contribution in [3.8, 4) is 11.1 Å². The van der Waals surface area contributed by atoms with Crippen LogP contribution in [-0.4, -0.2) is 35.8 Å². The summed E-state index contributed by atoms with van der Waals surface area (Å²) in [4.78, 5) is 36.7. The van der Waals surface area contributed by atoms with Gasteiger partial charge in [0.25, 0.3) is 0 Å². The van der Waals surface area contributed by atoms with E-state index in [4.69, 9.17) is 9.47 Å². The van der Waals surface area contributed by atoms with Crippen molar-refractivity contribution in [3.05, 3.63) is 95.6 Å². The smallest absolute Gasteiger partial charge is 0.407 e. The van der Waals surface area contributed by atoms with Crippen molar-refractivity contribution in [2.75, 3.05) is 6.61 Å². The fraction of sp³-hybridized carbons (Fsp3) is 0.250. The minimum Gasteiger partial charge on any atom is -0.480 e. The summed E-state index contributed by atoms with van der Waals surface area (Å²) in [5.41, 5.74) is 4.08. The molecule has 0 unspecified atom stereocenters. The van der Waals surface area contributed by atoms with Crippen LogP contribution in [0.4, 0.5) is 4.79 Å². The van der Waals surface area contributed by atoms with E-state index < -0.39 is 36.1 Å². The number of benzene rings is 3. The monoisotopic (exact) mass is 473 g/mol. The van der Waals surface area contributed by atoms with E-state index >= 15 is 0 Å². The summed E-state index contributed by atoms with van der Waals surface area (Å²) in [6, 6.07) is 23.5. The van der Waals surface area contributed by atoms with Crippen LogP contribution in [0.2, 0.25) is 0 Å². The van der Waals surface area contributed by atoms with Crippen LogP contribution in [0.1, 0.15) is 42.9 Å². The summed E-state index contributed by atoms with van der Waals surface area (Å²) in [5.74, 6) is -2.26. The van der Waals surface area contributed by atoms with Crippen LogP contribution in [-0.2, 0) is 24.7 Å². The minimum absolute atomic E-state index is 0.0394. The molecule has 0 bridgehead atoms. The molecule has 1 aliphatic carbocycles. The highest BCUT2D eigenvalue weighted by molar-refractivity contribution is 5.85. The molecule has 180 valence electrons. The van der Waals surface area contributed by atoms with Crippen molar-refractivity contribution < 1.29 is 29.0 Å². The van der Waals surface area contributed by atoms with Gasteiger partial charge in [0.2, 0.25) is 0 Å². The van der Waals surface area contributed by atoms with E-state index in [1.54, 1.807) is 13.8 Å². The number of carbonyl (C=O) groups excluding carboxylic acids is 2. The van der Waals surface area contributed by atoms with Gasteiger partial charge in [-0.25, -0.2) is 9.59 Å². The number of alkyl carbamates (subject to hydrolysis) is 1. The minimum atomic E-state index is -1.48. The van der Waals surface area contributed by atoms with Crippen molar-refractivity contribution in [2.45, 2.75) is 37.8 Å². The Bertz CT molecular complexity index is 1190. The number of hydrogen-bond donors (Lipinski definition) is 2. The molecule has 1 aliphatic rings. The van der Waals surface area contributed by atoms with Gasteiger partial charge >= 0.3 is 18.0 Å². The van der Waals surface area contributed by atoms with Crippen LogP contribution in [0.5, 0.6) is 0 Å². The quantitative estimate of drug-likeness (QED) is 0.454. The Morgan fingerprint density at radius 2 is 1.43 bits per heavy atom. The van der Waals surface area contributed by atoms with Crippen LogP contribution >= 0.6 is 0 Å². The molecule has 0 radical (unpaired) electrons. The highest BCUT2D eigenvalue weighted by atomic mass is 16.6. The first-order valence-corrected chi connectivity index (χ1v) is 11.4. The number of carboxylic acids is 1. The SMILES string of the molecule is CC(C)(OC(=O)C[C@H](NC(=O)OCC1c2ccccc2-c2ccccc21)C(=O)O)c1ccccc1. The summed E-state index contributed by atoms with van der Waals surface area (Å²) >= 11 is 0. The summed E-state index contributed by atoms with van der Waals surface area (Å²) in [6.45, 7) is 3.47. The molecule has 0 saturated heterocycles. The lowest BCUT2D eigenvalue weighted by molar-refractivity contribution is -0.160. The predicted molar refractivity (Wildman–Crippen MR) is 130 cm³/mol. The highest BCUT2D eigenvalue weighted by Crippen LogP contribution is 2.44. The molecule has 35 heavy (non-hydrogen) atoms. The van der Waals surface area contributed by atoms with Gasteiger partial charge in [0.15, 0.2) is 0 Å². The van der Waals surface area contributed by atoms with E-state index in [0.717, 1.165) is 27.8 Å². The zero-order valence-electron chi connectivity index (χ0n) is 19.6. The van der Waals surface area contributed by atoms with Gasteiger partial charge in [0.05, 0.1) is 6.42 Å². The fourth-order valence-electron chi connectivity index (χ4n) is 4.37. The maximum absolute atomic E-state index is 12.5. The third-order valence-corrected chi connectivity index (χ3v) is 6.14. The lowest BCUT2D eigenvalue weighted by Crippen LogP contribution is -2.43. The van der Waals surface area contributed by atoms with Crippen LogP contribution in [0, 0.1) is 0 Å². The Kier molecular flexibility index (Phi) is 6.87. The van der Waals surface area contributed by atoms with E-state index in [2.05, 4.69) is 5.32 Å². The van der Waals surface area contributed by atoms with E-state index in [0.29, 0.717) is 0 Å². The summed E-state index contributed by atoms with van der Waals surface area (Å²) < 4.78 is 10.9. The maximum Gasteiger partial charge on any atom is 0.407 e. The second-order valence-corrected chi connectivity index (χ2v) is 8.92. The van der Waals surface area contributed by atoms with Crippen molar-refractivity contribution in [1.29, 1.82) is 0 Å². The number of rotatable bonds is 8. The van der Waals surface area contributed by atoms with Gasteiger partial charge in [0.1, 0.15) is 18.2 Å². The average Bonchev–Trinajstić information content (AvgIpc) is 3.16. The molecule has 1 amide bonds. The number of hydrogen-bond acceptors (Lipinski definition) is 5. The molecule has 0 aromatic heterocycles. The third kappa shape index (κ3) is 5.35. The second kappa shape index (κ2) is 10.0. The van der Waals surface area contributed by atoms with Crippen LogP contribution in [0.15, 0.2) is 78.9 Å². The highest BCUT2D eigenvalue weighted by Gasteiger charge is 2.32. The molecule has 4 rings (SSSR count). The normalized spacial score (nSPS) is 13.3. The lowest BCUT2D eigenvalue weighted by Gasteiger charge is -2.26. The van der Waals surface area contributed by atoms with E-state index in [1.165, 1.54) is 0 Å². The molecular weight excluding hydrogens is 446 g/mol. The largest absolute Gasteiger partial charge is 0.480 e. The van der Waals surface area contributed by atoms with Gasteiger partial charge in [0, 0.05) is 5.92 Å². The van der Waals surface area contributed by atoms with Crippen molar-refractivity contribution >= 4 is 18.0 Å². The number of aliphatic carboxylic acids is 1. The van der Waals surface area contributed by atoms with Gasteiger partial charge in [-0.05, 0) is 41.7 Å². The average molecular weight is 474 g/mol. The number of ether oxygens (including phenoxy) is 2. The van der Waals surface area contributed by atoms with Crippen LogP contribution in [0.3, 0.4) is 0 Å². The molecule has 1 atom stereocenters. The van der Waals surface area contributed by atoms with E-state index in [9.17, 15) is 19.5 Å². The van der Waals surface area contributed by atoms with Crippen molar-refractivity contribution in [1.82, 2.24) is 5.32 Å². The molecule has 0 aliphatic heterocycles. The van der Waals surface area contributed by atoms with E-state index in [-0.39, 0.29) is 12.5 Å². The molecule has 0 heterocycles. The Hall–Kier alpha value is -4.13. The Labute approximate surface area is 203 Å². The Balaban J connectivity index is 1.37. The topological polar surface area (TPSA) is 102 Å². The zero-order chi connectivity index (χ0) is 25.0. The fourth-order valence-corrected chi connectivity index (χ4v) is 4.37. The lowest BCUT2D eigenvalue weighted by atomic mass is 9.98. The second-order valence-electron chi connectivity index (χ2n) is 8.92. The third-order valence-electron chi connectivity index (χ3n) is 6.14. The Morgan fingerprint density at radius 3 is 2.00 bits per heavy atom. The first-order valence-electron chi connectivity index (χ1n) is 11.4. The maximum atomic E-state index is 12.5. The first kappa shape index (κ1) is 24.0. The number of esters is 1. The standard InChI is InChI=1S/C28H27NO6/c1-28(2,18-10-4-3-5-11-18)35-25(30)16-24(26(31)32)29-27(33)34-17-23-21-14-8-6-12-19(21)20-13-7-9-15-22(20)23/h3-15,23-24H,16-17H2,1-2H3,(H,29,33)(H,31,32)/t24-/m0/s1. The van der Waals surface area contributed by atoms with Gasteiger partial charge in [-0.3, -0.25) is 4.79 Å². The first-order chi connectivity index (χ1) is 16.8. The molecule has 3 aromatic rings. The number of carbonyl (C=O) groups is 3. The molecular formula is C28H27NO6. The number of fused-ring (bicyclic) bond motifs is 3. The number of amides is 1. The molecule has 7 nitrogen and oxygen atoms in total. The summed E-state index contributed by atoms with van der Waals surface area (Å²) in [6.07, 6.45) is -1.44. The number of carboxylic acid groups (broad SMARTS) is 1. The van der Waals surface area contributed by atoms with Crippen molar-refractivity contribution in [2.24, 2.45) is 0 Å².